The van der Waals surface area contributed by atoms with Crippen LogP contribution in [0.25, 0.3) is 0 Å². The molecule has 0 saturated heterocycles. The smallest absolute Gasteiger partial charge is 0.251 e. The SMILES string of the molecule is COc1ccc(C(=O)NCC(=O)NCCCS(=O)(=O)Cc2ccccc2)cc1OC. The highest BCUT2D eigenvalue weighted by atomic mass is 32.2. The number of benzene rings is 2. The van der Waals surface area contributed by atoms with Crippen molar-refractivity contribution in [3.05, 3.63) is 59.7 Å². The minimum atomic E-state index is -3.25. The third-order valence-electron chi connectivity index (χ3n) is 4.24. The third-order valence-corrected chi connectivity index (χ3v) is 5.92. The molecule has 162 valence electrons. The van der Waals surface area contributed by atoms with E-state index in [1.807, 2.05) is 6.07 Å². The van der Waals surface area contributed by atoms with E-state index < -0.39 is 21.7 Å². The highest BCUT2D eigenvalue weighted by Gasteiger charge is 2.13. The van der Waals surface area contributed by atoms with Gasteiger partial charge in [-0.3, -0.25) is 9.59 Å². The molecule has 0 heterocycles. The highest BCUT2D eigenvalue weighted by molar-refractivity contribution is 7.90. The van der Waals surface area contributed by atoms with E-state index in [0.717, 1.165) is 5.56 Å². The molecule has 0 spiro atoms. The first-order valence-electron chi connectivity index (χ1n) is 9.36. The van der Waals surface area contributed by atoms with Crippen LogP contribution < -0.4 is 20.1 Å². The molecule has 0 aliphatic carbocycles. The number of rotatable bonds is 11. The summed E-state index contributed by atoms with van der Waals surface area (Å²) in [6.45, 7) is -0.0109. The van der Waals surface area contributed by atoms with E-state index in [9.17, 15) is 18.0 Å². The maximum atomic E-state index is 12.2. The molecule has 0 aliphatic heterocycles. The molecule has 0 radical (unpaired) electrons. The summed E-state index contributed by atoms with van der Waals surface area (Å²) in [5, 5.41) is 5.12. The van der Waals surface area contributed by atoms with Crippen LogP contribution in [-0.4, -0.2) is 53.3 Å². The molecule has 8 nitrogen and oxygen atoms in total. The average Bonchev–Trinajstić information content (AvgIpc) is 2.74. The van der Waals surface area contributed by atoms with Crippen molar-refractivity contribution in [3.63, 3.8) is 0 Å². The van der Waals surface area contributed by atoms with Gasteiger partial charge in [0.05, 0.1) is 32.3 Å². The topological polar surface area (TPSA) is 111 Å². The second kappa shape index (κ2) is 11.2. The van der Waals surface area contributed by atoms with Crippen LogP contribution >= 0.6 is 0 Å². The predicted octanol–water partition coefficient (Wildman–Crippen LogP) is 1.55. The zero-order chi connectivity index (χ0) is 22.0. The summed E-state index contributed by atoms with van der Waals surface area (Å²) < 4.78 is 34.5. The van der Waals surface area contributed by atoms with Crippen LogP contribution in [0.1, 0.15) is 22.3 Å². The Morgan fingerprint density at radius 3 is 2.30 bits per heavy atom. The molecule has 0 unspecified atom stereocenters. The minimum Gasteiger partial charge on any atom is -0.493 e. The number of nitrogens with one attached hydrogen (secondary N) is 2. The number of carbonyl (C=O) groups is 2. The molecular weight excluding hydrogens is 408 g/mol. The van der Waals surface area contributed by atoms with Crippen molar-refractivity contribution in [2.45, 2.75) is 12.2 Å². The summed E-state index contributed by atoms with van der Waals surface area (Å²) >= 11 is 0. The van der Waals surface area contributed by atoms with Gasteiger partial charge in [-0.1, -0.05) is 30.3 Å². The van der Waals surface area contributed by atoms with E-state index in [4.69, 9.17) is 9.47 Å². The van der Waals surface area contributed by atoms with Crippen molar-refractivity contribution < 1.29 is 27.5 Å². The third kappa shape index (κ3) is 7.40. The molecule has 0 aliphatic rings. The zero-order valence-corrected chi connectivity index (χ0v) is 17.8. The Morgan fingerprint density at radius 2 is 1.63 bits per heavy atom. The van der Waals surface area contributed by atoms with Crippen molar-refractivity contribution >= 4 is 21.7 Å². The lowest BCUT2D eigenvalue weighted by molar-refractivity contribution is -0.120. The molecule has 0 aromatic heterocycles. The van der Waals surface area contributed by atoms with Gasteiger partial charge in [0, 0.05) is 12.1 Å². The van der Waals surface area contributed by atoms with Gasteiger partial charge in [0.1, 0.15) is 0 Å². The van der Waals surface area contributed by atoms with Crippen LogP contribution in [0.2, 0.25) is 0 Å². The summed E-state index contributed by atoms with van der Waals surface area (Å²) in [7, 11) is -0.290. The molecule has 30 heavy (non-hydrogen) atoms. The maximum Gasteiger partial charge on any atom is 0.251 e. The molecule has 2 amide bonds. The number of hydrogen-bond acceptors (Lipinski definition) is 6. The van der Waals surface area contributed by atoms with E-state index in [-0.39, 0.29) is 24.6 Å². The molecule has 9 heteroatoms. The molecule has 2 N–H and O–H groups in total. The van der Waals surface area contributed by atoms with Gasteiger partial charge in [0.2, 0.25) is 5.91 Å². The molecule has 0 bridgehead atoms. The Kier molecular flexibility index (Phi) is 8.67. The van der Waals surface area contributed by atoms with E-state index in [2.05, 4.69) is 10.6 Å². The Morgan fingerprint density at radius 1 is 0.933 bits per heavy atom. The van der Waals surface area contributed by atoms with Crippen LogP contribution in [0.4, 0.5) is 0 Å². The fraction of sp³-hybridized carbons (Fsp3) is 0.333. The number of ether oxygens (including phenoxy) is 2. The first-order valence-corrected chi connectivity index (χ1v) is 11.2. The lowest BCUT2D eigenvalue weighted by atomic mass is 10.2. The molecule has 2 aromatic rings. The normalized spacial score (nSPS) is 10.9. The average molecular weight is 435 g/mol. The lowest BCUT2D eigenvalue weighted by Crippen LogP contribution is -2.37. The molecule has 2 rings (SSSR count). The number of sulfone groups is 1. The zero-order valence-electron chi connectivity index (χ0n) is 17.0. The maximum absolute atomic E-state index is 12.2. The van der Waals surface area contributed by atoms with Crippen molar-refractivity contribution in [1.82, 2.24) is 10.6 Å². The number of carbonyl (C=O) groups excluding carboxylic acids is 2. The van der Waals surface area contributed by atoms with Gasteiger partial charge in [-0.15, -0.1) is 0 Å². The van der Waals surface area contributed by atoms with E-state index >= 15 is 0 Å². The van der Waals surface area contributed by atoms with Gasteiger partial charge < -0.3 is 20.1 Å². The highest BCUT2D eigenvalue weighted by Crippen LogP contribution is 2.27. The van der Waals surface area contributed by atoms with Gasteiger partial charge >= 0.3 is 0 Å². The van der Waals surface area contributed by atoms with Crippen LogP contribution in [0.5, 0.6) is 11.5 Å². The van der Waals surface area contributed by atoms with Crippen molar-refractivity contribution in [2.24, 2.45) is 0 Å². The summed E-state index contributed by atoms with van der Waals surface area (Å²) in [5.74, 6) is 0.0183. The van der Waals surface area contributed by atoms with Crippen molar-refractivity contribution in [1.29, 1.82) is 0 Å². The minimum absolute atomic E-state index is 0.0246. The van der Waals surface area contributed by atoms with E-state index in [0.29, 0.717) is 23.5 Å². The first-order chi connectivity index (χ1) is 14.3. The van der Waals surface area contributed by atoms with E-state index in [1.54, 1.807) is 36.4 Å². The largest absolute Gasteiger partial charge is 0.493 e. The molecular formula is C21H26N2O6S. The Balaban J connectivity index is 1.71. The number of methoxy groups -OCH3 is 2. The standard InChI is InChI=1S/C21H26N2O6S/c1-28-18-10-9-17(13-19(18)29-2)21(25)23-14-20(24)22-11-6-12-30(26,27)15-16-7-4-3-5-8-16/h3-5,7-10,13H,6,11-12,14-15H2,1-2H3,(H,22,24)(H,23,25). The van der Waals surface area contributed by atoms with Crippen molar-refractivity contribution in [2.75, 3.05) is 33.1 Å². The summed E-state index contributed by atoms with van der Waals surface area (Å²) in [5.41, 5.74) is 1.06. The quantitative estimate of drug-likeness (QED) is 0.519. The van der Waals surface area contributed by atoms with Gasteiger partial charge in [-0.05, 0) is 30.2 Å². The predicted molar refractivity (Wildman–Crippen MR) is 113 cm³/mol. The van der Waals surface area contributed by atoms with Crippen LogP contribution in [0.3, 0.4) is 0 Å². The fourth-order valence-corrected chi connectivity index (χ4v) is 4.15. The Bertz CT molecular complexity index is 961. The van der Waals surface area contributed by atoms with Gasteiger partial charge in [-0.2, -0.15) is 0 Å². The van der Waals surface area contributed by atoms with Crippen molar-refractivity contribution in [3.8, 4) is 11.5 Å². The first kappa shape index (κ1) is 23.2. The lowest BCUT2D eigenvalue weighted by Gasteiger charge is -2.10. The fourth-order valence-electron chi connectivity index (χ4n) is 2.72. The monoisotopic (exact) mass is 434 g/mol. The van der Waals surface area contributed by atoms with Gasteiger partial charge in [-0.25, -0.2) is 8.42 Å². The van der Waals surface area contributed by atoms with Crippen LogP contribution in [0, 0.1) is 0 Å². The Labute approximate surface area is 176 Å². The number of amides is 2. The molecule has 0 atom stereocenters. The molecule has 2 aromatic carbocycles. The second-order valence-corrected chi connectivity index (χ2v) is 8.72. The molecule has 0 fully saturated rings. The van der Waals surface area contributed by atoms with E-state index in [1.165, 1.54) is 20.3 Å². The number of hydrogen-bond donors (Lipinski definition) is 2. The summed E-state index contributed by atoms with van der Waals surface area (Å²) in [6, 6.07) is 13.6. The summed E-state index contributed by atoms with van der Waals surface area (Å²) in [4.78, 5) is 24.1. The summed E-state index contributed by atoms with van der Waals surface area (Å²) in [6.07, 6.45) is 0.296. The van der Waals surface area contributed by atoms with Gasteiger partial charge in [0.25, 0.3) is 5.91 Å². The van der Waals surface area contributed by atoms with Crippen LogP contribution in [0.15, 0.2) is 48.5 Å². The Hall–Kier alpha value is -3.07. The van der Waals surface area contributed by atoms with Crippen LogP contribution in [-0.2, 0) is 20.4 Å². The van der Waals surface area contributed by atoms with Gasteiger partial charge in [0.15, 0.2) is 21.3 Å². The molecule has 0 saturated carbocycles. The second-order valence-electron chi connectivity index (χ2n) is 6.53.